The number of carbonyl (C=O) groups is 1. The lowest BCUT2D eigenvalue weighted by Crippen LogP contribution is -2.38. The van der Waals surface area contributed by atoms with E-state index in [9.17, 15) is 4.79 Å². The number of aromatic nitrogens is 3. The van der Waals surface area contributed by atoms with Gasteiger partial charge in [0.1, 0.15) is 12.2 Å². The summed E-state index contributed by atoms with van der Waals surface area (Å²) in [6.45, 7) is 4.86. The van der Waals surface area contributed by atoms with Gasteiger partial charge in [-0.1, -0.05) is 13.8 Å². The fourth-order valence-electron chi connectivity index (χ4n) is 2.59. The minimum absolute atomic E-state index is 0.0976. The smallest absolute Gasteiger partial charge is 0.225 e. The van der Waals surface area contributed by atoms with Gasteiger partial charge in [-0.3, -0.25) is 4.79 Å². The summed E-state index contributed by atoms with van der Waals surface area (Å²) in [6, 6.07) is 0.386. The van der Waals surface area contributed by atoms with E-state index in [2.05, 4.69) is 15.1 Å². The predicted molar refractivity (Wildman–Crippen MR) is 68.9 cm³/mol. The molecule has 1 unspecified atom stereocenters. The highest BCUT2D eigenvalue weighted by Gasteiger charge is 2.29. The molecular formula is C13H22N4O. The summed E-state index contributed by atoms with van der Waals surface area (Å²) in [7, 11) is 1.96. The summed E-state index contributed by atoms with van der Waals surface area (Å²) < 4.78 is 1.95. The molecule has 0 N–H and O–H groups in total. The van der Waals surface area contributed by atoms with E-state index in [1.165, 1.54) is 0 Å². The highest BCUT2D eigenvalue weighted by atomic mass is 16.2. The van der Waals surface area contributed by atoms with Gasteiger partial charge in [0.15, 0.2) is 0 Å². The number of aryl methyl sites for hydroxylation is 2. The lowest BCUT2D eigenvalue weighted by atomic mass is 10.1. The zero-order valence-corrected chi connectivity index (χ0v) is 11.5. The maximum absolute atomic E-state index is 12.1. The average molecular weight is 250 g/mol. The molecule has 2 rings (SSSR count). The Hall–Kier alpha value is -1.39. The molecule has 0 aromatic carbocycles. The van der Waals surface area contributed by atoms with Crippen LogP contribution in [0.3, 0.4) is 0 Å². The van der Waals surface area contributed by atoms with E-state index < -0.39 is 0 Å². The molecule has 1 atom stereocenters. The van der Waals surface area contributed by atoms with Gasteiger partial charge in [-0.15, -0.1) is 10.2 Å². The van der Waals surface area contributed by atoms with E-state index in [1.807, 2.05) is 25.5 Å². The zero-order chi connectivity index (χ0) is 13.1. The van der Waals surface area contributed by atoms with Crippen molar-refractivity contribution in [2.24, 2.45) is 13.0 Å². The maximum Gasteiger partial charge on any atom is 0.225 e. The molecule has 1 aromatic rings. The zero-order valence-electron chi connectivity index (χ0n) is 11.5. The molecule has 0 spiro atoms. The highest BCUT2D eigenvalue weighted by Crippen LogP contribution is 2.23. The van der Waals surface area contributed by atoms with Crippen molar-refractivity contribution in [2.45, 2.75) is 45.6 Å². The topological polar surface area (TPSA) is 51.0 Å². The van der Waals surface area contributed by atoms with Gasteiger partial charge in [-0.05, 0) is 19.3 Å². The van der Waals surface area contributed by atoms with Crippen LogP contribution in [0.2, 0.25) is 0 Å². The largest absolute Gasteiger partial charge is 0.339 e. The fraction of sp³-hybridized carbons (Fsp3) is 0.769. The Balaban J connectivity index is 1.92. The van der Waals surface area contributed by atoms with Gasteiger partial charge >= 0.3 is 0 Å². The molecule has 0 saturated carbocycles. The maximum atomic E-state index is 12.1. The Morgan fingerprint density at radius 2 is 2.33 bits per heavy atom. The number of likely N-dealkylation sites (tertiary alicyclic amines) is 1. The summed E-state index contributed by atoms with van der Waals surface area (Å²) >= 11 is 0. The third-order valence-corrected chi connectivity index (χ3v) is 3.66. The summed E-state index contributed by atoms with van der Waals surface area (Å²) in [5, 5.41) is 7.97. The predicted octanol–water partition coefficient (Wildman–Crippen LogP) is 1.39. The van der Waals surface area contributed by atoms with Crippen LogP contribution in [-0.2, 0) is 18.3 Å². The second-order valence-corrected chi connectivity index (χ2v) is 5.38. The summed E-state index contributed by atoms with van der Waals surface area (Å²) in [6.07, 6.45) is 5.85. The second-order valence-electron chi connectivity index (χ2n) is 5.38. The molecule has 1 aliphatic rings. The van der Waals surface area contributed by atoms with Gasteiger partial charge in [0.2, 0.25) is 5.91 Å². The lowest BCUT2D eigenvalue weighted by molar-refractivity contribution is -0.135. The second kappa shape index (κ2) is 5.50. The van der Waals surface area contributed by atoms with Gasteiger partial charge in [-0.25, -0.2) is 0 Å². The first kappa shape index (κ1) is 13.1. The number of rotatable bonds is 4. The molecule has 0 bridgehead atoms. The lowest BCUT2D eigenvalue weighted by Gasteiger charge is -2.26. The SMILES string of the molecule is CC(C)C(=O)N1CCCC1CCc1nncn1C. The van der Waals surface area contributed by atoms with Gasteiger partial charge in [0.25, 0.3) is 0 Å². The van der Waals surface area contributed by atoms with Crippen LogP contribution in [0.25, 0.3) is 0 Å². The standard InChI is InChI=1S/C13H22N4O/c1-10(2)13(18)17-8-4-5-11(17)6-7-12-15-14-9-16(12)3/h9-11H,4-8H2,1-3H3. The van der Waals surface area contributed by atoms with Crippen molar-refractivity contribution in [2.75, 3.05) is 6.54 Å². The molecule has 0 radical (unpaired) electrons. The number of hydrogen-bond donors (Lipinski definition) is 0. The average Bonchev–Trinajstić information content (AvgIpc) is 2.94. The van der Waals surface area contributed by atoms with Crippen LogP contribution < -0.4 is 0 Å². The molecule has 1 aromatic heterocycles. The number of nitrogens with zero attached hydrogens (tertiary/aromatic N) is 4. The van der Waals surface area contributed by atoms with Crippen LogP contribution in [0.5, 0.6) is 0 Å². The molecule has 1 aliphatic heterocycles. The first-order valence-electron chi connectivity index (χ1n) is 6.73. The molecule has 5 nitrogen and oxygen atoms in total. The van der Waals surface area contributed by atoms with Crippen LogP contribution >= 0.6 is 0 Å². The molecule has 18 heavy (non-hydrogen) atoms. The molecule has 5 heteroatoms. The Kier molecular flexibility index (Phi) is 3.99. The number of carbonyl (C=O) groups excluding carboxylic acids is 1. The van der Waals surface area contributed by atoms with E-state index in [1.54, 1.807) is 6.33 Å². The first-order chi connectivity index (χ1) is 8.59. The summed E-state index contributed by atoms with van der Waals surface area (Å²) in [5.74, 6) is 1.38. The summed E-state index contributed by atoms with van der Waals surface area (Å²) in [4.78, 5) is 14.1. The molecule has 1 saturated heterocycles. The molecular weight excluding hydrogens is 228 g/mol. The van der Waals surface area contributed by atoms with Gasteiger partial charge in [-0.2, -0.15) is 0 Å². The molecule has 100 valence electrons. The van der Waals surface area contributed by atoms with Crippen molar-refractivity contribution in [1.29, 1.82) is 0 Å². The van der Waals surface area contributed by atoms with Crippen LogP contribution in [0.15, 0.2) is 6.33 Å². The van der Waals surface area contributed by atoms with E-state index in [0.29, 0.717) is 6.04 Å². The molecule has 2 heterocycles. The summed E-state index contributed by atoms with van der Waals surface area (Å²) in [5.41, 5.74) is 0. The quantitative estimate of drug-likeness (QED) is 0.811. The minimum atomic E-state index is 0.0976. The van der Waals surface area contributed by atoms with E-state index in [0.717, 1.165) is 38.1 Å². The van der Waals surface area contributed by atoms with Crippen molar-refractivity contribution < 1.29 is 4.79 Å². The van der Waals surface area contributed by atoms with Crippen LogP contribution in [0, 0.1) is 5.92 Å². The fourth-order valence-corrected chi connectivity index (χ4v) is 2.59. The van der Waals surface area contributed by atoms with Crippen molar-refractivity contribution in [1.82, 2.24) is 19.7 Å². The van der Waals surface area contributed by atoms with Crippen molar-refractivity contribution in [3.63, 3.8) is 0 Å². The normalized spacial score (nSPS) is 19.8. The van der Waals surface area contributed by atoms with Crippen LogP contribution in [-0.4, -0.2) is 38.2 Å². The third kappa shape index (κ3) is 2.71. The van der Waals surface area contributed by atoms with Crippen LogP contribution in [0.1, 0.15) is 38.9 Å². The highest BCUT2D eigenvalue weighted by molar-refractivity contribution is 5.78. The van der Waals surface area contributed by atoms with Crippen LogP contribution in [0.4, 0.5) is 0 Å². The van der Waals surface area contributed by atoms with E-state index in [-0.39, 0.29) is 11.8 Å². The van der Waals surface area contributed by atoms with Gasteiger partial charge in [0, 0.05) is 32.0 Å². The van der Waals surface area contributed by atoms with Crippen molar-refractivity contribution in [3.8, 4) is 0 Å². The first-order valence-corrected chi connectivity index (χ1v) is 6.73. The molecule has 1 amide bonds. The Morgan fingerprint density at radius 3 is 2.94 bits per heavy atom. The monoisotopic (exact) mass is 250 g/mol. The van der Waals surface area contributed by atoms with Crippen molar-refractivity contribution >= 4 is 5.91 Å². The van der Waals surface area contributed by atoms with E-state index in [4.69, 9.17) is 0 Å². The Morgan fingerprint density at radius 1 is 1.56 bits per heavy atom. The number of amides is 1. The van der Waals surface area contributed by atoms with E-state index >= 15 is 0 Å². The minimum Gasteiger partial charge on any atom is -0.339 e. The Labute approximate surface area is 108 Å². The van der Waals surface area contributed by atoms with Gasteiger partial charge in [0.05, 0.1) is 0 Å². The van der Waals surface area contributed by atoms with Gasteiger partial charge < -0.3 is 9.47 Å². The van der Waals surface area contributed by atoms with Crippen molar-refractivity contribution in [3.05, 3.63) is 12.2 Å². The molecule has 0 aliphatic carbocycles. The Bertz CT molecular complexity index is 413. The number of hydrogen-bond acceptors (Lipinski definition) is 3. The third-order valence-electron chi connectivity index (χ3n) is 3.66. The molecule has 1 fully saturated rings.